The lowest BCUT2D eigenvalue weighted by atomic mass is 10.1. The first-order valence-electron chi connectivity index (χ1n) is 10.5. The lowest BCUT2D eigenvalue weighted by molar-refractivity contribution is 0.284. The minimum absolute atomic E-state index is 0.0609. The molecule has 174 valence electrons. The maximum Gasteiger partial charge on any atom is 0.270 e. The number of nitriles is 1. The molecule has 0 saturated carbocycles. The van der Waals surface area contributed by atoms with Crippen molar-refractivity contribution in [3.05, 3.63) is 104 Å². The summed E-state index contributed by atoms with van der Waals surface area (Å²) in [5, 5.41) is 13.5. The number of nitrogens with one attached hydrogen (secondary N) is 2. The number of H-pyrrole nitrogens is 1. The van der Waals surface area contributed by atoms with Crippen LogP contribution in [-0.4, -0.2) is 23.3 Å². The van der Waals surface area contributed by atoms with Gasteiger partial charge < -0.3 is 9.47 Å². The van der Waals surface area contributed by atoms with Crippen molar-refractivity contribution in [2.45, 2.75) is 6.61 Å². The van der Waals surface area contributed by atoms with Crippen molar-refractivity contribution in [2.75, 3.05) is 12.5 Å². The van der Waals surface area contributed by atoms with Gasteiger partial charge in [-0.2, -0.15) is 10.4 Å². The predicted molar refractivity (Wildman–Crippen MR) is 138 cm³/mol. The van der Waals surface area contributed by atoms with Crippen LogP contribution in [0.25, 0.3) is 11.3 Å². The largest absolute Gasteiger partial charge is 0.493 e. The van der Waals surface area contributed by atoms with Gasteiger partial charge in [0.2, 0.25) is 5.95 Å². The number of ether oxygens (including phenoxy) is 2. The predicted octanol–water partition coefficient (Wildman–Crippen LogP) is 5.10. The van der Waals surface area contributed by atoms with Gasteiger partial charge in [-0.15, -0.1) is 0 Å². The van der Waals surface area contributed by atoms with Crippen LogP contribution in [0, 0.1) is 11.3 Å². The molecule has 0 aliphatic heterocycles. The van der Waals surface area contributed by atoms with Crippen molar-refractivity contribution in [3.63, 3.8) is 0 Å². The van der Waals surface area contributed by atoms with E-state index in [1.54, 1.807) is 37.6 Å². The highest BCUT2D eigenvalue weighted by Crippen LogP contribution is 2.28. The number of benzene rings is 3. The fourth-order valence-corrected chi connectivity index (χ4v) is 3.49. The van der Waals surface area contributed by atoms with E-state index in [1.807, 2.05) is 54.6 Å². The van der Waals surface area contributed by atoms with E-state index < -0.39 is 5.56 Å². The van der Waals surface area contributed by atoms with Gasteiger partial charge in [0.15, 0.2) is 11.5 Å². The molecule has 3 aromatic carbocycles. The van der Waals surface area contributed by atoms with Crippen molar-refractivity contribution < 1.29 is 9.47 Å². The quantitative estimate of drug-likeness (QED) is 0.242. The Morgan fingerprint density at radius 3 is 2.60 bits per heavy atom. The van der Waals surface area contributed by atoms with Crippen LogP contribution in [0.3, 0.4) is 0 Å². The van der Waals surface area contributed by atoms with Gasteiger partial charge >= 0.3 is 0 Å². The average Bonchev–Trinajstić information content (AvgIpc) is 2.89. The minimum Gasteiger partial charge on any atom is -0.493 e. The standard InChI is InChI=1S/C26H20BrN5O3/c1-34-23-13-18(9-12-22(23)35-16-17-7-10-20(27)11-8-17)15-29-32-26-30-24(19-5-3-2-4-6-19)21(14-28)25(33)31-26/h2-13,15H,16H2,1H3,(H2,30,31,32,33). The highest BCUT2D eigenvalue weighted by molar-refractivity contribution is 9.10. The molecule has 0 bridgehead atoms. The maximum absolute atomic E-state index is 12.4. The molecule has 0 saturated heterocycles. The van der Waals surface area contributed by atoms with Crippen LogP contribution in [0.2, 0.25) is 0 Å². The number of hydrogen-bond acceptors (Lipinski definition) is 7. The van der Waals surface area contributed by atoms with Crippen LogP contribution < -0.4 is 20.5 Å². The van der Waals surface area contributed by atoms with E-state index in [1.165, 1.54) is 0 Å². The molecular weight excluding hydrogens is 510 g/mol. The lowest BCUT2D eigenvalue weighted by Gasteiger charge is -2.11. The van der Waals surface area contributed by atoms with Crippen molar-refractivity contribution in [2.24, 2.45) is 5.10 Å². The summed E-state index contributed by atoms with van der Waals surface area (Å²) in [7, 11) is 1.57. The number of rotatable bonds is 8. The molecule has 1 aromatic heterocycles. The zero-order chi connectivity index (χ0) is 24.6. The zero-order valence-electron chi connectivity index (χ0n) is 18.7. The van der Waals surface area contributed by atoms with Crippen LogP contribution in [-0.2, 0) is 6.61 Å². The summed E-state index contributed by atoms with van der Waals surface area (Å²) in [4.78, 5) is 19.2. The van der Waals surface area contributed by atoms with Gasteiger partial charge in [0, 0.05) is 10.0 Å². The molecule has 8 nitrogen and oxygen atoms in total. The van der Waals surface area contributed by atoms with Crippen molar-refractivity contribution in [1.29, 1.82) is 5.26 Å². The molecule has 0 atom stereocenters. The van der Waals surface area contributed by atoms with Crippen LogP contribution in [0.15, 0.2) is 87.2 Å². The zero-order valence-corrected chi connectivity index (χ0v) is 20.2. The monoisotopic (exact) mass is 529 g/mol. The molecule has 0 amide bonds. The summed E-state index contributed by atoms with van der Waals surface area (Å²) in [6.07, 6.45) is 1.56. The number of aromatic amines is 1. The van der Waals surface area contributed by atoms with Crippen molar-refractivity contribution in [3.8, 4) is 28.8 Å². The van der Waals surface area contributed by atoms with E-state index in [2.05, 4.69) is 36.4 Å². The Hall–Kier alpha value is -4.42. The topological polar surface area (TPSA) is 112 Å². The number of nitrogens with zero attached hydrogens (tertiary/aromatic N) is 3. The molecular formula is C26H20BrN5O3. The second-order valence-corrected chi connectivity index (χ2v) is 8.23. The molecule has 0 aliphatic carbocycles. The fourth-order valence-electron chi connectivity index (χ4n) is 3.23. The number of methoxy groups -OCH3 is 1. The average molecular weight is 530 g/mol. The SMILES string of the molecule is COc1cc(C=NNc2nc(-c3ccccc3)c(C#N)c(=O)[nH]2)ccc1OCc1ccc(Br)cc1. The fraction of sp³-hybridized carbons (Fsp3) is 0.0769. The van der Waals surface area contributed by atoms with Gasteiger partial charge in [0.25, 0.3) is 5.56 Å². The minimum atomic E-state index is -0.548. The van der Waals surface area contributed by atoms with Crippen LogP contribution >= 0.6 is 15.9 Å². The van der Waals surface area contributed by atoms with E-state index in [0.29, 0.717) is 23.7 Å². The van der Waals surface area contributed by atoms with Gasteiger partial charge in [0.1, 0.15) is 18.2 Å². The summed E-state index contributed by atoms with van der Waals surface area (Å²) in [6.45, 7) is 0.403. The second kappa shape index (κ2) is 11.1. The first kappa shape index (κ1) is 23.7. The van der Waals surface area contributed by atoms with Gasteiger partial charge in [-0.25, -0.2) is 10.4 Å². The Balaban J connectivity index is 1.48. The molecule has 0 unspecified atom stereocenters. The normalized spacial score (nSPS) is 10.7. The Labute approximate surface area is 210 Å². The molecule has 9 heteroatoms. The van der Waals surface area contributed by atoms with E-state index in [4.69, 9.17) is 9.47 Å². The van der Waals surface area contributed by atoms with Crippen LogP contribution in [0.4, 0.5) is 5.95 Å². The Kier molecular flexibility index (Phi) is 7.55. The second-order valence-electron chi connectivity index (χ2n) is 7.31. The number of halogens is 1. The number of hydrazone groups is 1. The number of aromatic nitrogens is 2. The van der Waals surface area contributed by atoms with E-state index in [0.717, 1.165) is 15.6 Å². The number of anilines is 1. The molecule has 1 heterocycles. The summed E-state index contributed by atoms with van der Waals surface area (Å²) in [6, 6.07) is 24.2. The van der Waals surface area contributed by atoms with Gasteiger partial charge in [0.05, 0.1) is 19.0 Å². The molecule has 4 rings (SSSR count). The molecule has 0 aliphatic rings. The first-order valence-corrected chi connectivity index (χ1v) is 11.3. The molecule has 0 fully saturated rings. The van der Waals surface area contributed by atoms with Gasteiger partial charge in [-0.1, -0.05) is 58.4 Å². The third-order valence-electron chi connectivity index (χ3n) is 4.96. The molecule has 2 N–H and O–H groups in total. The molecule has 4 aromatic rings. The summed E-state index contributed by atoms with van der Waals surface area (Å²) in [5.74, 6) is 1.28. The van der Waals surface area contributed by atoms with Crippen LogP contribution in [0.1, 0.15) is 16.7 Å². The summed E-state index contributed by atoms with van der Waals surface area (Å²) in [5.41, 5.74) is 4.82. The third-order valence-corrected chi connectivity index (χ3v) is 5.49. The molecule has 0 radical (unpaired) electrons. The highest BCUT2D eigenvalue weighted by atomic mass is 79.9. The Morgan fingerprint density at radius 1 is 1.11 bits per heavy atom. The van der Waals surface area contributed by atoms with E-state index >= 15 is 0 Å². The maximum atomic E-state index is 12.4. The first-order chi connectivity index (χ1) is 17.1. The van der Waals surface area contributed by atoms with E-state index in [9.17, 15) is 10.1 Å². The third kappa shape index (κ3) is 5.93. The van der Waals surface area contributed by atoms with Gasteiger partial charge in [-0.3, -0.25) is 9.78 Å². The highest BCUT2D eigenvalue weighted by Gasteiger charge is 2.13. The molecule has 0 spiro atoms. The summed E-state index contributed by atoms with van der Waals surface area (Å²) < 4.78 is 12.4. The number of hydrogen-bond donors (Lipinski definition) is 2. The smallest absolute Gasteiger partial charge is 0.270 e. The Bertz CT molecular complexity index is 1450. The molecule has 35 heavy (non-hydrogen) atoms. The van der Waals surface area contributed by atoms with Gasteiger partial charge in [-0.05, 0) is 41.5 Å². The van der Waals surface area contributed by atoms with E-state index in [-0.39, 0.29) is 17.2 Å². The van der Waals surface area contributed by atoms with Crippen LogP contribution in [0.5, 0.6) is 11.5 Å². The van der Waals surface area contributed by atoms with Crippen molar-refractivity contribution in [1.82, 2.24) is 9.97 Å². The lowest BCUT2D eigenvalue weighted by Crippen LogP contribution is -2.16. The summed E-state index contributed by atoms with van der Waals surface area (Å²) >= 11 is 3.42. The Morgan fingerprint density at radius 2 is 1.89 bits per heavy atom. The van der Waals surface area contributed by atoms with Crippen molar-refractivity contribution >= 4 is 28.1 Å².